The number of carbonyl (C=O) groups is 1. The first-order valence-corrected chi connectivity index (χ1v) is 11.1. The molecule has 1 aromatic rings. The van der Waals surface area contributed by atoms with E-state index in [0.717, 1.165) is 24.1 Å². The van der Waals surface area contributed by atoms with Crippen LogP contribution in [-0.2, 0) is 14.8 Å². The summed E-state index contributed by atoms with van der Waals surface area (Å²) in [5, 5.41) is 4.06. The largest absolute Gasteiger partial charge is 0.354 e. The predicted octanol–water partition coefficient (Wildman–Crippen LogP) is 2.35. The van der Waals surface area contributed by atoms with Gasteiger partial charge in [0.1, 0.15) is 0 Å². The number of rotatable bonds is 9. The summed E-state index contributed by atoms with van der Waals surface area (Å²) in [5.74, 6) is -0.144. The molecule has 6 nitrogen and oxygen atoms in total. The molecular formula is C20H31N3O3S. The molecule has 7 heteroatoms. The van der Waals surface area contributed by atoms with Crippen molar-refractivity contribution in [3.8, 4) is 0 Å². The first-order valence-electron chi connectivity index (χ1n) is 9.53. The zero-order valence-corrected chi connectivity index (χ0v) is 17.1. The van der Waals surface area contributed by atoms with Crippen LogP contribution in [0.2, 0.25) is 0 Å². The quantitative estimate of drug-likeness (QED) is 0.675. The highest BCUT2D eigenvalue weighted by Gasteiger charge is 2.28. The van der Waals surface area contributed by atoms with Crippen molar-refractivity contribution in [3.05, 3.63) is 41.3 Å². The van der Waals surface area contributed by atoms with Crippen LogP contribution in [0.3, 0.4) is 0 Å². The normalized spacial score (nSPS) is 16.5. The Bertz CT molecular complexity index is 724. The highest BCUT2D eigenvalue weighted by Crippen LogP contribution is 2.19. The Kier molecular flexibility index (Phi) is 8.01. The highest BCUT2D eigenvalue weighted by atomic mass is 32.2. The minimum atomic E-state index is -3.55. The second-order valence-electron chi connectivity index (χ2n) is 7.54. The summed E-state index contributed by atoms with van der Waals surface area (Å²) in [6, 6.07) is 9.20. The average molecular weight is 394 g/mol. The van der Waals surface area contributed by atoms with Gasteiger partial charge in [-0.25, -0.2) is 13.1 Å². The number of piperidine rings is 1. The number of carbonyl (C=O) groups excluding carboxylic acids is 1. The number of nitrogens with one attached hydrogen (secondary N) is 2. The summed E-state index contributed by atoms with van der Waals surface area (Å²) in [6.45, 7) is 7.04. The molecule has 0 atom stereocenters. The molecule has 1 aliphatic heterocycles. The molecule has 1 aromatic carbocycles. The zero-order chi connectivity index (χ0) is 19.8. The Hall–Kier alpha value is -1.70. The van der Waals surface area contributed by atoms with Gasteiger partial charge in [-0.1, -0.05) is 36.8 Å². The fourth-order valence-electron chi connectivity index (χ4n) is 3.10. The Morgan fingerprint density at radius 1 is 1.15 bits per heavy atom. The van der Waals surface area contributed by atoms with E-state index in [1.165, 1.54) is 25.3 Å². The number of likely N-dealkylation sites (tertiary alicyclic amines) is 1. The molecule has 1 amide bonds. The topological polar surface area (TPSA) is 78.5 Å². The molecule has 1 fully saturated rings. The number of hydrogen-bond acceptors (Lipinski definition) is 4. The molecule has 27 heavy (non-hydrogen) atoms. The molecule has 0 radical (unpaired) electrons. The van der Waals surface area contributed by atoms with E-state index in [1.807, 2.05) is 30.3 Å². The average Bonchev–Trinajstić information content (AvgIpc) is 2.66. The van der Waals surface area contributed by atoms with Crippen molar-refractivity contribution in [2.45, 2.75) is 45.1 Å². The monoisotopic (exact) mass is 393 g/mol. The van der Waals surface area contributed by atoms with Gasteiger partial charge >= 0.3 is 0 Å². The minimum Gasteiger partial charge on any atom is -0.354 e. The van der Waals surface area contributed by atoms with Crippen molar-refractivity contribution in [1.29, 1.82) is 0 Å². The highest BCUT2D eigenvalue weighted by molar-refractivity contribution is 7.92. The van der Waals surface area contributed by atoms with Crippen LogP contribution in [-0.4, -0.2) is 50.9 Å². The maximum atomic E-state index is 12.1. The van der Waals surface area contributed by atoms with Crippen molar-refractivity contribution in [3.63, 3.8) is 0 Å². The maximum Gasteiger partial charge on any atom is 0.233 e. The van der Waals surface area contributed by atoms with Gasteiger partial charge in [-0.2, -0.15) is 0 Å². The van der Waals surface area contributed by atoms with Crippen molar-refractivity contribution in [2.75, 3.05) is 26.2 Å². The Balaban J connectivity index is 1.71. The summed E-state index contributed by atoms with van der Waals surface area (Å²) in [6.07, 6.45) is 5.33. The number of hydrogen-bond donors (Lipinski definition) is 2. The predicted molar refractivity (Wildman–Crippen MR) is 110 cm³/mol. The molecular weight excluding hydrogens is 362 g/mol. The van der Waals surface area contributed by atoms with Gasteiger partial charge in [0.2, 0.25) is 15.9 Å². The molecule has 150 valence electrons. The Morgan fingerprint density at radius 2 is 1.81 bits per heavy atom. The SMILES string of the molecule is CC(C)(CNC(=O)CCNS(=O)(=O)/C=C/c1ccccc1)N1CCCCC1. The lowest BCUT2D eigenvalue weighted by atomic mass is 9.98. The number of sulfonamides is 1. The molecule has 0 spiro atoms. The van der Waals surface area contributed by atoms with Gasteiger partial charge in [-0.05, 0) is 51.4 Å². The Morgan fingerprint density at radius 3 is 2.48 bits per heavy atom. The lowest BCUT2D eigenvalue weighted by Crippen LogP contribution is -2.53. The van der Waals surface area contributed by atoms with E-state index < -0.39 is 10.0 Å². The lowest BCUT2D eigenvalue weighted by molar-refractivity contribution is -0.121. The van der Waals surface area contributed by atoms with Gasteiger partial charge in [0.15, 0.2) is 0 Å². The van der Waals surface area contributed by atoms with Crippen LogP contribution >= 0.6 is 0 Å². The van der Waals surface area contributed by atoms with Crippen LogP contribution in [0.5, 0.6) is 0 Å². The summed E-state index contributed by atoms with van der Waals surface area (Å²) in [7, 11) is -3.55. The minimum absolute atomic E-state index is 0.0808. The van der Waals surface area contributed by atoms with Gasteiger partial charge in [0.25, 0.3) is 0 Å². The molecule has 1 heterocycles. The molecule has 2 N–H and O–H groups in total. The van der Waals surface area contributed by atoms with Gasteiger partial charge in [0.05, 0.1) is 0 Å². The van der Waals surface area contributed by atoms with Crippen molar-refractivity contribution in [2.24, 2.45) is 0 Å². The standard InChI is InChI=1S/C20H31N3O3S/c1-20(2,23-14-7-4-8-15-23)17-21-19(24)11-13-22-27(25,26)16-12-18-9-5-3-6-10-18/h3,5-6,9-10,12,16,22H,4,7-8,11,13-15,17H2,1-2H3,(H,21,24)/b16-12+. The van der Waals surface area contributed by atoms with Crippen LogP contribution in [0.1, 0.15) is 45.1 Å². The number of amides is 1. The second-order valence-corrected chi connectivity index (χ2v) is 9.19. The molecule has 0 aromatic heterocycles. The number of benzene rings is 1. The van der Waals surface area contributed by atoms with E-state index in [0.29, 0.717) is 6.54 Å². The first kappa shape index (κ1) is 21.6. The van der Waals surface area contributed by atoms with Gasteiger partial charge in [0, 0.05) is 30.5 Å². The summed E-state index contributed by atoms with van der Waals surface area (Å²) in [5.41, 5.74) is 0.717. The first-order chi connectivity index (χ1) is 12.8. The molecule has 0 saturated carbocycles. The van der Waals surface area contributed by atoms with E-state index in [1.54, 1.807) is 0 Å². The second kappa shape index (κ2) is 10.0. The molecule has 0 bridgehead atoms. The van der Waals surface area contributed by atoms with Gasteiger partial charge in [-0.15, -0.1) is 0 Å². The Labute approximate surface area is 163 Å². The van der Waals surface area contributed by atoms with E-state index in [-0.39, 0.29) is 24.4 Å². The van der Waals surface area contributed by atoms with Crippen molar-refractivity contribution < 1.29 is 13.2 Å². The molecule has 1 aliphatic rings. The maximum absolute atomic E-state index is 12.1. The van der Waals surface area contributed by atoms with Crippen LogP contribution in [0.25, 0.3) is 6.08 Å². The van der Waals surface area contributed by atoms with Crippen molar-refractivity contribution in [1.82, 2.24) is 14.9 Å². The third-order valence-corrected chi connectivity index (χ3v) is 5.93. The summed E-state index contributed by atoms with van der Waals surface area (Å²) < 4.78 is 26.4. The van der Waals surface area contributed by atoms with Crippen molar-refractivity contribution >= 4 is 22.0 Å². The molecule has 2 rings (SSSR count). The molecule has 0 aliphatic carbocycles. The van der Waals surface area contributed by atoms with E-state index in [2.05, 4.69) is 28.8 Å². The summed E-state index contributed by atoms with van der Waals surface area (Å²) in [4.78, 5) is 14.5. The fraction of sp³-hybridized carbons (Fsp3) is 0.550. The smallest absolute Gasteiger partial charge is 0.233 e. The summed E-state index contributed by atoms with van der Waals surface area (Å²) >= 11 is 0. The van der Waals surface area contributed by atoms with Crippen LogP contribution < -0.4 is 10.0 Å². The van der Waals surface area contributed by atoms with E-state index >= 15 is 0 Å². The zero-order valence-electron chi connectivity index (χ0n) is 16.3. The van der Waals surface area contributed by atoms with Crippen LogP contribution in [0, 0.1) is 0 Å². The van der Waals surface area contributed by atoms with Gasteiger partial charge < -0.3 is 5.32 Å². The third-order valence-electron chi connectivity index (χ3n) is 4.82. The van der Waals surface area contributed by atoms with E-state index in [9.17, 15) is 13.2 Å². The fourth-order valence-corrected chi connectivity index (χ4v) is 3.92. The van der Waals surface area contributed by atoms with Gasteiger partial charge in [-0.3, -0.25) is 9.69 Å². The van der Waals surface area contributed by atoms with Crippen LogP contribution in [0.15, 0.2) is 35.7 Å². The lowest BCUT2D eigenvalue weighted by Gasteiger charge is -2.41. The molecule has 1 saturated heterocycles. The molecule has 0 unspecified atom stereocenters. The van der Waals surface area contributed by atoms with Crippen LogP contribution in [0.4, 0.5) is 0 Å². The van der Waals surface area contributed by atoms with E-state index in [4.69, 9.17) is 0 Å². The third kappa shape index (κ3) is 7.82. The number of nitrogens with zero attached hydrogens (tertiary/aromatic N) is 1.